The first-order chi connectivity index (χ1) is 19.7. The van der Waals surface area contributed by atoms with Gasteiger partial charge in [-0.1, -0.05) is 37.3 Å². The molecule has 9 nitrogen and oxygen atoms in total. The predicted octanol–water partition coefficient (Wildman–Crippen LogP) is 6.14. The van der Waals surface area contributed by atoms with Crippen LogP contribution < -0.4 is 14.4 Å². The van der Waals surface area contributed by atoms with Gasteiger partial charge in [0, 0.05) is 5.56 Å². The number of carbonyl (C=O) groups is 3. The van der Waals surface area contributed by atoms with Crippen LogP contribution in [0.15, 0.2) is 48.0 Å². The Hall–Kier alpha value is -4.18. The molecule has 1 aliphatic rings. The van der Waals surface area contributed by atoms with E-state index in [1.807, 2.05) is 20.8 Å². The van der Waals surface area contributed by atoms with Crippen LogP contribution >= 0.6 is 11.3 Å². The molecule has 2 heterocycles. The SMILES string of the molecule is CCCOc1ccc([C@H]2C(=C(O)c3ccc(OCCC)c(C)c3)C(=O)C(=O)N2c2nc(C)c(C(=O)OCC)s2)cc1. The molecule has 1 fully saturated rings. The van der Waals surface area contributed by atoms with Crippen molar-refractivity contribution in [1.82, 2.24) is 4.98 Å². The van der Waals surface area contributed by atoms with Crippen molar-refractivity contribution in [3.8, 4) is 11.5 Å². The number of thiazole rings is 1. The summed E-state index contributed by atoms with van der Waals surface area (Å²) in [5.41, 5.74) is 2.02. The number of ketones is 1. The fourth-order valence-electron chi connectivity index (χ4n) is 4.51. The number of Topliss-reactive ketones (excluding diaryl/α,β-unsaturated/α-hetero) is 1. The standard InChI is InChI=1S/C31H34N2O7S/c1-6-15-39-22-12-9-20(10-13-22)25-24(26(34)21-11-14-23(18(4)17-21)40-16-7-2)27(35)29(36)33(25)31-32-19(5)28(41-31)30(37)38-8-3/h9-14,17,25,34H,6-8,15-16H2,1-5H3/t25-/m0/s1. The van der Waals surface area contributed by atoms with Crippen LogP contribution in [0.4, 0.5) is 5.13 Å². The highest BCUT2D eigenvalue weighted by Gasteiger charge is 2.48. The molecule has 0 aliphatic carbocycles. The number of aliphatic hydroxyl groups excluding tert-OH is 1. The average Bonchev–Trinajstić information content (AvgIpc) is 3.47. The van der Waals surface area contributed by atoms with E-state index in [1.54, 1.807) is 56.3 Å². The summed E-state index contributed by atoms with van der Waals surface area (Å²) in [4.78, 5) is 45.5. The monoisotopic (exact) mass is 578 g/mol. The number of aryl methyl sites for hydroxylation is 2. The van der Waals surface area contributed by atoms with Crippen molar-refractivity contribution >= 4 is 39.9 Å². The number of amides is 1. The summed E-state index contributed by atoms with van der Waals surface area (Å²) in [7, 11) is 0. The van der Waals surface area contributed by atoms with E-state index < -0.39 is 23.7 Å². The fourth-order valence-corrected chi connectivity index (χ4v) is 5.50. The Bertz CT molecular complexity index is 1480. The summed E-state index contributed by atoms with van der Waals surface area (Å²) >= 11 is 0.967. The van der Waals surface area contributed by atoms with Gasteiger partial charge >= 0.3 is 11.9 Å². The van der Waals surface area contributed by atoms with E-state index in [0.717, 1.165) is 29.7 Å². The maximum atomic E-state index is 13.5. The van der Waals surface area contributed by atoms with Gasteiger partial charge in [0.1, 0.15) is 22.1 Å². The average molecular weight is 579 g/mol. The van der Waals surface area contributed by atoms with Gasteiger partial charge in [-0.25, -0.2) is 9.78 Å². The van der Waals surface area contributed by atoms with Crippen molar-refractivity contribution in [2.24, 2.45) is 0 Å². The highest BCUT2D eigenvalue weighted by Crippen LogP contribution is 2.44. The summed E-state index contributed by atoms with van der Waals surface area (Å²) in [5.74, 6) is -1.26. The summed E-state index contributed by atoms with van der Waals surface area (Å²) in [6.07, 6.45) is 1.69. The Labute approximate surface area is 243 Å². The lowest BCUT2D eigenvalue weighted by Crippen LogP contribution is -2.29. The predicted molar refractivity (Wildman–Crippen MR) is 157 cm³/mol. The summed E-state index contributed by atoms with van der Waals surface area (Å²) in [6.45, 7) is 10.5. The van der Waals surface area contributed by atoms with Crippen LogP contribution in [0.3, 0.4) is 0 Å². The molecule has 1 aromatic heterocycles. The first-order valence-corrected chi connectivity index (χ1v) is 14.4. The van der Waals surface area contributed by atoms with Gasteiger partial charge in [0.2, 0.25) is 0 Å². The van der Waals surface area contributed by atoms with Crippen LogP contribution in [0.25, 0.3) is 5.76 Å². The van der Waals surface area contributed by atoms with Crippen molar-refractivity contribution in [1.29, 1.82) is 0 Å². The highest BCUT2D eigenvalue weighted by molar-refractivity contribution is 7.17. The summed E-state index contributed by atoms with van der Waals surface area (Å²) in [6, 6.07) is 11.1. The van der Waals surface area contributed by atoms with Gasteiger partial charge in [0.25, 0.3) is 5.78 Å². The summed E-state index contributed by atoms with van der Waals surface area (Å²) < 4.78 is 16.6. The van der Waals surface area contributed by atoms with Gasteiger partial charge in [-0.15, -0.1) is 0 Å². The first kappa shape index (κ1) is 29.8. The van der Waals surface area contributed by atoms with Gasteiger partial charge in [0.05, 0.1) is 37.1 Å². The molecule has 1 aliphatic heterocycles. The van der Waals surface area contributed by atoms with Crippen LogP contribution in [0, 0.1) is 13.8 Å². The molecule has 216 valence electrons. The Morgan fingerprint density at radius 2 is 1.68 bits per heavy atom. The van der Waals surface area contributed by atoms with Gasteiger partial charge in [-0.3, -0.25) is 14.5 Å². The molecule has 1 saturated heterocycles. The number of hydrogen-bond acceptors (Lipinski definition) is 9. The Balaban J connectivity index is 1.85. The highest BCUT2D eigenvalue weighted by atomic mass is 32.1. The van der Waals surface area contributed by atoms with E-state index in [9.17, 15) is 19.5 Å². The third kappa shape index (κ3) is 6.12. The summed E-state index contributed by atoms with van der Waals surface area (Å²) in [5, 5.41) is 11.7. The van der Waals surface area contributed by atoms with Gasteiger partial charge in [0.15, 0.2) is 5.13 Å². The van der Waals surface area contributed by atoms with Gasteiger partial charge in [-0.2, -0.15) is 0 Å². The molecule has 41 heavy (non-hydrogen) atoms. The third-order valence-electron chi connectivity index (χ3n) is 6.48. The second-order valence-electron chi connectivity index (χ2n) is 9.55. The van der Waals surface area contributed by atoms with E-state index in [2.05, 4.69) is 4.98 Å². The quantitative estimate of drug-likeness (QED) is 0.125. The smallest absolute Gasteiger partial charge is 0.350 e. The van der Waals surface area contributed by atoms with Gasteiger partial charge < -0.3 is 19.3 Å². The molecule has 3 aromatic rings. The number of anilines is 1. The topological polar surface area (TPSA) is 115 Å². The maximum Gasteiger partial charge on any atom is 0.350 e. The number of aliphatic hydroxyl groups is 1. The third-order valence-corrected chi connectivity index (χ3v) is 7.61. The maximum absolute atomic E-state index is 13.5. The van der Waals surface area contributed by atoms with Crippen molar-refractivity contribution in [2.45, 2.75) is 53.5 Å². The minimum absolute atomic E-state index is 0.0793. The molecule has 0 spiro atoms. The van der Waals surface area contributed by atoms with Crippen LogP contribution in [0.1, 0.15) is 71.7 Å². The largest absolute Gasteiger partial charge is 0.507 e. The van der Waals surface area contributed by atoms with Crippen molar-refractivity contribution < 1.29 is 33.7 Å². The molecule has 0 unspecified atom stereocenters. The van der Waals surface area contributed by atoms with E-state index in [0.29, 0.717) is 41.5 Å². The number of esters is 1. The van der Waals surface area contributed by atoms with E-state index in [-0.39, 0.29) is 27.9 Å². The lowest BCUT2D eigenvalue weighted by Gasteiger charge is -2.23. The second-order valence-corrected chi connectivity index (χ2v) is 10.5. The molecule has 1 N–H and O–H groups in total. The molecule has 0 saturated carbocycles. The molecule has 4 rings (SSSR count). The number of benzene rings is 2. The van der Waals surface area contributed by atoms with Crippen molar-refractivity contribution in [2.75, 3.05) is 24.7 Å². The number of nitrogens with zero attached hydrogens (tertiary/aromatic N) is 2. The van der Waals surface area contributed by atoms with Crippen molar-refractivity contribution in [3.63, 3.8) is 0 Å². The zero-order chi connectivity index (χ0) is 29.7. The molecule has 2 aromatic carbocycles. The minimum Gasteiger partial charge on any atom is -0.507 e. The number of carbonyl (C=O) groups excluding carboxylic acids is 3. The van der Waals surface area contributed by atoms with Crippen molar-refractivity contribution in [3.05, 3.63) is 75.3 Å². The Morgan fingerprint density at radius 3 is 2.32 bits per heavy atom. The van der Waals surface area contributed by atoms with E-state index >= 15 is 0 Å². The van der Waals surface area contributed by atoms with E-state index in [4.69, 9.17) is 14.2 Å². The van der Waals surface area contributed by atoms with Crippen LogP contribution in [-0.2, 0) is 14.3 Å². The second kappa shape index (κ2) is 13.0. The van der Waals surface area contributed by atoms with Gasteiger partial charge in [-0.05, 0) is 75.1 Å². The number of rotatable bonds is 11. The van der Waals surface area contributed by atoms with Crippen LogP contribution in [0.2, 0.25) is 0 Å². The zero-order valence-corrected chi connectivity index (χ0v) is 24.7. The van der Waals surface area contributed by atoms with Crippen LogP contribution in [0.5, 0.6) is 11.5 Å². The molecular formula is C31H34N2O7S. The fraction of sp³-hybridized carbons (Fsp3) is 0.355. The molecule has 1 amide bonds. The minimum atomic E-state index is -0.993. The molecule has 10 heteroatoms. The number of ether oxygens (including phenoxy) is 3. The Kier molecular flexibility index (Phi) is 9.44. The zero-order valence-electron chi connectivity index (χ0n) is 23.9. The van der Waals surface area contributed by atoms with E-state index in [1.165, 1.54) is 4.90 Å². The lowest BCUT2D eigenvalue weighted by atomic mass is 9.95. The normalized spacial score (nSPS) is 16.2. The Morgan fingerprint density at radius 1 is 1.00 bits per heavy atom. The number of aromatic nitrogens is 1. The molecule has 0 radical (unpaired) electrons. The lowest BCUT2D eigenvalue weighted by molar-refractivity contribution is -0.132. The molecule has 0 bridgehead atoms. The van der Waals surface area contributed by atoms with Crippen LogP contribution in [-0.4, -0.2) is 47.6 Å². The number of hydrogen-bond donors (Lipinski definition) is 1. The molecular weight excluding hydrogens is 544 g/mol. The first-order valence-electron chi connectivity index (χ1n) is 13.6. The molecule has 1 atom stereocenters.